The number of halogens is 4. The van der Waals surface area contributed by atoms with E-state index in [-0.39, 0.29) is 17.0 Å². The van der Waals surface area contributed by atoms with Gasteiger partial charge in [-0.2, -0.15) is 13.2 Å². The summed E-state index contributed by atoms with van der Waals surface area (Å²) in [5, 5.41) is 1.36. The zero-order valence-corrected chi connectivity index (χ0v) is 8.92. The number of nitrogens with zero attached hydrogens (tertiary/aromatic N) is 1. The van der Waals surface area contributed by atoms with Crippen molar-refractivity contribution in [2.45, 2.75) is 17.6 Å². The molecule has 82 valence electrons. The van der Waals surface area contributed by atoms with Gasteiger partial charge in [0.15, 0.2) is 11.6 Å². The summed E-state index contributed by atoms with van der Waals surface area (Å²) >= 11 is 6.18. The van der Waals surface area contributed by atoms with Crippen LogP contribution in [0.4, 0.5) is 13.2 Å². The van der Waals surface area contributed by atoms with Crippen LogP contribution in [0.2, 0.25) is 0 Å². The Morgan fingerprint density at radius 3 is 2.87 bits per heavy atom. The van der Waals surface area contributed by atoms with Crippen molar-refractivity contribution in [3.63, 3.8) is 0 Å². The first-order chi connectivity index (χ1) is 6.94. The molecule has 1 N–H and O–H groups in total. The second-order valence-electron chi connectivity index (χ2n) is 3.07. The van der Waals surface area contributed by atoms with Crippen LogP contribution in [0.5, 0.6) is 0 Å². The number of hydrogen-bond acceptors (Lipinski definition) is 3. The number of rotatable bonds is 1. The molecular weight excluding hydrogens is 249 g/mol. The number of fused-ring (bicyclic) bond motifs is 1. The van der Waals surface area contributed by atoms with Gasteiger partial charge in [-0.15, -0.1) is 0 Å². The molecule has 2 nitrogen and oxygen atoms in total. The molecule has 2 unspecified atom stereocenters. The molecule has 7 heteroatoms. The monoisotopic (exact) mass is 255 g/mol. The van der Waals surface area contributed by atoms with Gasteiger partial charge in [0.2, 0.25) is 0 Å². The van der Waals surface area contributed by atoms with Crippen molar-refractivity contribution in [2.24, 2.45) is 4.99 Å². The quantitative estimate of drug-likeness (QED) is 0.721. The standard InChI is InChI=1S/C8H7ClF3N2S/c9-7-13-5-2-1-4(3-6(5)15-7)14-8(10,11)12/h1-3,5-6,9,14H/q+1. The highest BCUT2D eigenvalue weighted by Crippen LogP contribution is 2.32. The van der Waals surface area contributed by atoms with Crippen LogP contribution in [0.25, 0.3) is 0 Å². The maximum atomic E-state index is 12.0. The fourth-order valence-electron chi connectivity index (χ4n) is 1.38. The molecule has 1 aliphatic heterocycles. The molecule has 0 spiro atoms. The van der Waals surface area contributed by atoms with Gasteiger partial charge in [0.1, 0.15) is 0 Å². The predicted molar refractivity (Wildman–Crippen MR) is 50.4 cm³/mol. The maximum absolute atomic E-state index is 12.0. The molecule has 0 fully saturated rings. The fraction of sp³-hybridized carbons (Fsp3) is 0.375. The second-order valence-corrected chi connectivity index (χ2v) is 4.88. The first-order valence-corrected chi connectivity index (χ1v) is 5.39. The van der Waals surface area contributed by atoms with Crippen molar-refractivity contribution in [3.8, 4) is 0 Å². The third-order valence-electron chi connectivity index (χ3n) is 1.93. The summed E-state index contributed by atoms with van der Waals surface area (Å²) in [5.41, 5.74) is 0.0520. The van der Waals surface area contributed by atoms with Crippen molar-refractivity contribution < 1.29 is 24.8 Å². The maximum Gasteiger partial charge on any atom is 0.482 e. The molecule has 2 rings (SSSR count). The van der Waals surface area contributed by atoms with Crippen LogP contribution in [0, 0.1) is 11.6 Å². The van der Waals surface area contributed by atoms with E-state index in [1.54, 1.807) is 6.08 Å². The van der Waals surface area contributed by atoms with E-state index in [1.165, 1.54) is 29.2 Å². The van der Waals surface area contributed by atoms with Crippen molar-refractivity contribution in [2.75, 3.05) is 0 Å². The lowest BCUT2D eigenvalue weighted by Crippen LogP contribution is -2.32. The molecule has 2 aliphatic rings. The van der Waals surface area contributed by atoms with Crippen molar-refractivity contribution in [1.29, 1.82) is 0 Å². The van der Waals surface area contributed by atoms with E-state index in [0.29, 0.717) is 4.50 Å². The molecule has 1 aliphatic carbocycles. The van der Waals surface area contributed by atoms with Crippen LogP contribution in [-0.4, -0.2) is 22.1 Å². The minimum Gasteiger partial charge on any atom is -0.298 e. The van der Waals surface area contributed by atoms with Crippen LogP contribution in [0.15, 0.2) is 28.9 Å². The summed E-state index contributed by atoms with van der Waals surface area (Å²) in [7, 11) is 0. The van der Waals surface area contributed by atoms with Crippen molar-refractivity contribution in [3.05, 3.63) is 23.9 Å². The third kappa shape index (κ3) is 2.69. The second kappa shape index (κ2) is 3.75. The zero-order chi connectivity index (χ0) is 11.1. The topological polar surface area (TPSA) is 24.4 Å². The number of thioether (sulfide) groups is 1. The van der Waals surface area contributed by atoms with Gasteiger partial charge in [-0.3, -0.25) is 5.32 Å². The molecular formula is C8H7ClF3N2S+. The van der Waals surface area contributed by atoms with Gasteiger partial charge in [0.25, 0.3) is 0 Å². The summed E-state index contributed by atoms with van der Waals surface area (Å²) in [6, 6.07) is -0.110. The molecule has 0 bridgehead atoms. The highest BCUT2D eigenvalue weighted by atomic mass is 35.5. The van der Waals surface area contributed by atoms with E-state index in [9.17, 15) is 13.2 Å². The normalized spacial score (nSPS) is 29.6. The van der Waals surface area contributed by atoms with Crippen LogP contribution < -0.4 is 5.32 Å². The Bertz CT molecular complexity index is 361. The van der Waals surface area contributed by atoms with Gasteiger partial charge in [0.05, 0.1) is 11.3 Å². The number of aliphatic imine (C=N–C) groups is 1. The molecule has 0 amide bonds. The molecule has 0 saturated carbocycles. The largest absolute Gasteiger partial charge is 0.482 e. The molecule has 1 heterocycles. The number of alkyl halides is 3. The smallest absolute Gasteiger partial charge is 0.298 e. The van der Waals surface area contributed by atoms with Crippen molar-refractivity contribution >= 4 is 16.3 Å². The first-order valence-electron chi connectivity index (χ1n) is 4.10. The summed E-state index contributed by atoms with van der Waals surface area (Å²) in [4.78, 5) is 4.10. The summed E-state index contributed by atoms with van der Waals surface area (Å²) in [6.45, 7) is 0. The zero-order valence-electron chi connectivity index (χ0n) is 7.28. The molecule has 0 aromatic rings. The molecule has 0 aromatic carbocycles. The third-order valence-corrected chi connectivity index (χ3v) is 3.32. The Labute approximate surface area is 93.3 Å². The average molecular weight is 256 g/mol. The lowest BCUT2D eigenvalue weighted by molar-refractivity contribution is -0.206. The van der Waals surface area contributed by atoms with E-state index >= 15 is 0 Å². The van der Waals surface area contributed by atoms with Gasteiger partial charge >= 0.3 is 10.8 Å². The molecule has 0 saturated heterocycles. The Balaban J connectivity index is 2.08. The highest BCUT2D eigenvalue weighted by molar-refractivity contribution is 8.14. The first kappa shape index (κ1) is 10.9. The fourth-order valence-corrected chi connectivity index (χ4v) is 2.75. The van der Waals surface area contributed by atoms with E-state index < -0.39 is 6.30 Å². The number of nitrogens with one attached hydrogen (secondary N) is 1. The lowest BCUT2D eigenvalue weighted by atomic mass is 10.1. The van der Waals surface area contributed by atoms with Crippen molar-refractivity contribution in [1.82, 2.24) is 5.32 Å². The average Bonchev–Trinajstić information content (AvgIpc) is 2.40. The van der Waals surface area contributed by atoms with Gasteiger partial charge in [-0.05, 0) is 23.9 Å². The highest BCUT2D eigenvalue weighted by Gasteiger charge is 2.34. The Morgan fingerprint density at radius 2 is 2.20 bits per heavy atom. The van der Waals surface area contributed by atoms with Gasteiger partial charge in [-0.25, -0.2) is 4.99 Å². The van der Waals surface area contributed by atoms with Crippen LogP contribution in [-0.2, 0) is 0 Å². The van der Waals surface area contributed by atoms with E-state index in [0.717, 1.165) is 0 Å². The van der Waals surface area contributed by atoms with Gasteiger partial charge < -0.3 is 0 Å². The van der Waals surface area contributed by atoms with Crippen LogP contribution in [0.3, 0.4) is 0 Å². The summed E-state index contributed by atoms with van der Waals surface area (Å²) in [6.07, 6.45) is 0.118. The Morgan fingerprint density at radius 1 is 1.47 bits per heavy atom. The number of allylic oxidation sites excluding steroid dienone is 1. The molecule has 2 atom stereocenters. The summed E-state index contributed by atoms with van der Waals surface area (Å²) < 4.78 is 36.6. The minimum absolute atomic E-state index is 0.0520. The van der Waals surface area contributed by atoms with Gasteiger partial charge in [-0.1, -0.05) is 6.08 Å². The SMILES string of the molecule is FC(F)(F)NC1=CC2SC([ClH+])=NC2C=C1. The summed E-state index contributed by atoms with van der Waals surface area (Å²) in [5.74, 6) is 0. The molecule has 0 radical (unpaired) electrons. The Hall–Kier alpha value is -0.620. The Kier molecular flexibility index (Phi) is 2.72. The minimum atomic E-state index is -4.40. The molecule has 0 aromatic heterocycles. The lowest BCUT2D eigenvalue weighted by Gasteiger charge is -2.18. The molecule has 15 heavy (non-hydrogen) atoms. The van der Waals surface area contributed by atoms with E-state index in [4.69, 9.17) is 11.6 Å². The van der Waals surface area contributed by atoms with E-state index in [1.807, 2.05) is 0 Å². The van der Waals surface area contributed by atoms with E-state index in [2.05, 4.69) is 4.99 Å². The number of hydrogen-bond donors (Lipinski definition) is 1. The van der Waals surface area contributed by atoms with Crippen LogP contribution in [0.1, 0.15) is 0 Å². The predicted octanol–water partition coefficient (Wildman–Crippen LogP) is 1.67. The van der Waals surface area contributed by atoms with Gasteiger partial charge in [0, 0.05) is 5.70 Å². The van der Waals surface area contributed by atoms with Crippen LogP contribution >= 0.6 is 11.8 Å².